The van der Waals surface area contributed by atoms with Crippen LogP contribution in [0.5, 0.6) is 0 Å². The highest BCUT2D eigenvalue weighted by Gasteiger charge is 2.35. The fourth-order valence-corrected chi connectivity index (χ4v) is 2.58. The molecule has 0 unspecified atom stereocenters. The summed E-state index contributed by atoms with van der Waals surface area (Å²) in [5.74, 6) is -1.62. The lowest BCUT2D eigenvalue weighted by molar-refractivity contribution is -0.138. The smallest absolute Gasteiger partial charge is 0.417 e. The second-order valence-electron chi connectivity index (χ2n) is 3.93. The van der Waals surface area contributed by atoms with Crippen molar-refractivity contribution >= 4 is 33.7 Å². The van der Waals surface area contributed by atoms with Gasteiger partial charge in [-0.3, -0.25) is 0 Å². The van der Waals surface area contributed by atoms with Crippen LogP contribution in [0.2, 0.25) is 0 Å². The monoisotopic (exact) mass is 377 g/mol. The zero-order valence-corrected chi connectivity index (χ0v) is 12.6. The Labute approximate surface area is 130 Å². The first-order chi connectivity index (χ1) is 9.77. The van der Waals surface area contributed by atoms with Crippen molar-refractivity contribution in [1.82, 2.24) is 4.98 Å². The van der Waals surface area contributed by atoms with Crippen molar-refractivity contribution < 1.29 is 23.1 Å². The van der Waals surface area contributed by atoms with E-state index in [0.717, 1.165) is 28.4 Å². The van der Waals surface area contributed by atoms with Gasteiger partial charge in [-0.15, -0.1) is 0 Å². The van der Waals surface area contributed by atoms with E-state index in [1.165, 1.54) is 6.07 Å². The van der Waals surface area contributed by atoms with Gasteiger partial charge in [0.2, 0.25) is 0 Å². The first-order valence-electron chi connectivity index (χ1n) is 5.51. The van der Waals surface area contributed by atoms with Gasteiger partial charge in [0.05, 0.1) is 11.1 Å². The predicted molar refractivity (Wildman–Crippen MR) is 74.5 cm³/mol. The second-order valence-corrected chi connectivity index (χ2v) is 5.94. The molecule has 1 N–H and O–H groups in total. The van der Waals surface area contributed by atoms with Gasteiger partial charge in [-0.25, -0.2) is 9.78 Å². The average molecular weight is 378 g/mol. The minimum absolute atomic E-state index is 0.371. The molecule has 0 fully saturated rings. The third-order valence-electron chi connectivity index (χ3n) is 2.45. The normalized spacial score (nSPS) is 11.4. The highest BCUT2D eigenvalue weighted by atomic mass is 79.9. The van der Waals surface area contributed by atoms with Crippen LogP contribution < -0.4 is 0 Å². The Kier molecular flexibility index (Phi) is 4.58. The van der Waals surface area contributed by atoms with Crippen molar-refractivity contribution in [3.63, 3.8) is 0 Å². The maximum atomic E-state index is 12.7. The molecule has 8 heteroatoms. The van der Waals surface area contributed by atoms with Gasteiger partial charge in [0.25, 0.3) is 0 Å². The van der Waals surface area contributed by atoms with Crippen LogP contribution in [0.3, 0.4) is 0 Å². The molecule has 0 aliphatic heterocycles. The molecule has 0 aliphatic rings. The number of halogens is 4. The maximum absolute atomic E-state index is 12.7. The van der Waals surface area contributed by atoms with E-state index in [2.05, 4.69) is 20.9 Å². The molecule has 110 valence electrons. The standard InChI is InChI=1S/C13H7BrF3NO2S/c14-7-1-4-11(18-6-7)21-8-2-3-10(13(15,16)17)9(5-8)12(19)20/h1-6H,(H,19,20). The molecule has 1 heterocycles. The van der Waals surface area contributed by atoms with E-state index in [9.17, 15) is 18.0 Å². The highest BCUT2D eigenvalue weighted by Crippen LogP contribution is 2.35. The highest BCUT2D eigenvalue weighted by molar-refractivity contribution is 9.10. The number of rotatable bonds is 3. The number of pyridine rings is 1. The number of carbonyl (C=O) groups is 1. The first kappa shape index (κ1) is 15.8. The summed E-state index contributed by atoms with van der Waals surface area (Å²) in [7, 11) is 0. The van der Waals surface area contributed by atoms with Gasteiger partial charge in [0.1, 0.15) is 5.03 Å². The van der Waals surface area contributed by atoms with Gasteiger partial charge in [0, 0.05) is 15.6 Å². The van der Waals surface area contributed by atoms with Crippen LogP contribution in [0.4, 0.5) is 13.2 Å². The topological polar surface area (TPSA) is 50.2 Å². The Morgan fingerprint density at radius 1 is 1.24 bits per heavy atom. The minimum atomic E-state index is -4.70. The lowest BCUT2D eigenvalue weighted by atomic mass is 10.1. The summed E-state index contributed by atoms with van der Waals surface area (Å²) in [5.41, 5.74) is -1.94. The summed E-state index contributed by atoms with van der Waals surface area (Å²) >= 11 is 4.30. The summed E-state index contributed by atoms with van der Waals surface area (Å²) in [6, 6.07) is 6.40. The number of hydrogen-bond donors (Lipinski definition) is 1. The molecule has 1 aromatic carbocycles. The number of alkyl halides is 3. The predicted octanol–water partition coefficient (Wildman–Crippen LogP) is 4.71. The van der Waals surface area contributed by atoms with Crippen molar-refractivity contribution in [1.29, 1.82) is 0 Å². The van der Waals surface area contributed by atoms with Crippen LogP contribution in [-0.4, -0.2) is 16.1 Å². The molecule has 2 aromatic rings. The van der Waals surface area contributed by atoms with E-state index in [1.807, 2.05) is 0 Å². The average Bonchev–Trinajstić information content (AvgIpc) is 2.40. The van der Waals surface area contributed by atoms with Crippen molar-refractivity contribution in [2.45, 2.75) is 16.1 Å². The van der Waals surface area contributed by atoms with Crippen LogP contribution >= 0.6 is 27.7 Å². The lowest BCUT2D eigenvalue weighted by Gasteiger charge is -2.11. The van der Waals surface area contributed by atoms with E-state index in [-0.39, 0.29) is 0 Å². The third kappa shape index (κ3) is 3.98. The molecular weight excluding hydrogens is 371 g/mol. The van der Waals surface area contributed by atoms with Crippen LogP contribution in [0, 0.1) is 0 Å². The Hall–Kier alpha value is -1.54. The SMILES string of the molecule is O=C(O)c1cc(Sc2ccc(Br)cn2)ccc1C(F)(F)F. The van der Waals surface area contributed by atoms with E-state index >= 15 is 0 Å². The van der Waals surface area contributed by atoms with Crippen LogP contribution in [0.1, 0.15) is 15.9 Å². The molecule has 0 bridgehead atoms. The van der Waals surface area contributed by atoms with Gasteiger partial charge in [-0.05, 0) is 46.3 Å². The summed E-state index contributed by atoms with van der Waals surface area (Å²) in [6.07, 6.45) is -3.16. The van der Waals surface area contributed by atoms with Crippen molar-refractivity contribution in [3.8, 4) is 0 Å². The van der Waals surface area contributed by atoms with E-state index in [4.69, 9.17) is 5.11 Å². The van der Waals surface area contributed by atoms with Gasteiger partial charge in [0.15, 0.2) is 0 Å². The lowest BCUT2D eigenvalue weighted by Crippen LogP contribution is -2.12. The first-order valence-corrected chi connectivity index (χ1v) is 7.12. The molecule has 0 amide bonds. The number of hydrogen-bond acceptors (Lipinski definition) is 3. The van der Waals surface area contributed by atoms with E-state index in [0.29, 0.717) is 9.92 Å². The van der Waals surface area contributed by atoms with Crippen LogP contribution in [0.15, 0.2) is 50.9 Å². The molecule has 0 aliphatic carbocycles. The number of carboxylic acid groups (broad SMARTS) is 1. The fraction of sp³-hybridized carbons (Fsp3) is 0.0769. The maximum Gasteiger partial charge on any atom is 0.417 e. The molecule has 2 rings (SSSR count). The Bertz CT molecular complexity index is 674. The third-order valence-corrected chi connectivity index (χ3v) is 3.86. The van der Waals surface area contributed by atoms with Crippen LogP contribution in [-0.2, 0) is 6.18 Å². The van der Waals surface area contributed by atoms with Gasteiger partial charge >= 0.3 is 12.1 Å². The van der Waals surface area contributed by atoms with Gasteiger partial charge in [-0.2, -0.15) is 13.2 Å². The zero-order valence-electron chi connectivity index (χ0n) is 10.2. The summed E-state index contributed by atoms with van der Waals surface area (Å²) in [6.45, 7) is 0. The molecule has 0 radical (unpaired) electrons. The number of aromatic carboxylic acids is 1. The Morgan fingerprint density at radius 2 is 1.95 bits per heavy atom. The van der Waals surface area contributed by atoms with Crippen molar-refractivity contribution in [2.75, 3.05) is 0 Å². The second kappa shape index (κ2) is 6.07. The van der Waals surface area contributed by atoms with Gasteiger partial charge < -0.3 is 5.11 Å². The summed E-state index contributed by atoms with van der Waals surface area (Å²) in [4.78, 5) is 15.4. The molecule has 3 nitrogen and oxygen atoms in total. The molecule has 0 atom stereocenters. The summed E-state index contributed by atoms with van der Waals surface area (Å²) < 4.78 is 38.9. The molecule has 1 aromatic heterocycles. The molecular formula is C13H7BrF3NO2S. The Balaban J connectivity index is 2.36. The quantitative estimate of drug-likeness (QED) is 0.841. The minimum Gasteiger partial charge on any atom is -0.478 e. The van der Waals surface area contributed by atoms with Crippen molar-refractivity contribution in [2.24, 2.45) is 0 Å². The number of carboxylic acids is 1. The van der Waals surface area contributed by atoms with Crippen LogP contribution in [0.25, 0.3) is 0 Å². The summed E-state index contributed by atoms with van der Waals surface area (Å²) in [5, 5.41) is 9.48. The van der Waals surface area contributed by atoms with E-state index < -0.39 is 23.3 Å². The molecule has 0 spiro atoms. The van der Waals surface area contributed by atoms with Crippen molar-refractivity contribution in [3.05, 3.63) is 52.1 Å². The molecule has 0 saturated heterocycles. The number of benzene rings is 1. The number of aromatic nitrogens is 1. The molecule has 0 saturated carbocycles. The van der Waals surface area contributed by atoms with Gasteiger partial charge in [-0.1, -0.05) is 11.8 Å². The Morgan fingerprint density at radius 3 is 2.48 bits per heavy atom. The zero-order chi connectivity index (χ0) is 15.6. The van der Waals surface area contributed by atoms with E-state index in [1.54, 1.807) is 18.3 Å². The molecule has 21 heavy (non-hydrogen) atoms. The largest absolute Gasteiger partial charge is 0.478 e. The number of nitrogens with zero attached hydrogens (tertiary/aromatic N) is 1. The fourth-order valence-electron chi connectivity index (χ4n) is 1.55.